The lowest BCUT2D eigenvalue weighted by atomic mass is 9.95. The van der Waals surface area contributed by atoms with Gasteiger partial charge in [-0.15, -0.1) is 0 Å². The zero-order chi connectivity index (χ0) is 28.0. The van der Waals surface area contributed by atoms with Crippen molar-refractivity contribution in [2.75, 3.05) is 36.4 Å². The first-order chi connectivity index (χ1) is 18.6. The number of imidazole rings is 1. The first-order valence-corrected chi connectivity index (χ1v) is 13.2. The van der Waals surface area contributed by atoms with E-state index in [1.807, 2.05) is 44.5 Å². The third-order valence-electron chi connectivity index (χ3n) is 6.70. The van der Waals surface area contributed by atoms with Gasteiger partial charge in [0.25, 0.3) is 5.91 Å². The Bertz CT molecular complexity index is 1300. The van der Waals surface area contributed by atoms with E-state index in [2.05, 4.69) is 35.8 Å². The number of nitrogens with zero attached hydrogens (tertiary/aromatic N) is 5. The van der Waals surface area contributed by atoms with Crippen molar-refractivity contribution in [3.05, 3.63) is 60.4 Å². The molecule has 1 aromatic carbocycles. The number of aryl methyl sites for hydroxylation is 1. The van der Waals surface area contributed by atoms with Crippen molar-refractivity contribution in [2.24, 2.45) is 11.3 Å². The molecule has 0 saturated carbocycles. The molecule has 2 aromatic heterocycles. The number of anilines is 2. The van der Waals surface area contributed by atoms with E-state index < -0.39 is 5.41 Å². The second-order valence-corrected chi connectivity index (χ2v) is 10.7. The van der Waals surface area contributed by atoms with Crippen LogP contribution < -0.4 is 20.9 Å². The van der Waals surface area contributed by atoms with Crippen molar-refractivity contribution in [3.63, 3.8) is 0 Å². The summed E-state index contributed by atoms with van der Waals surface area (Å²) in [6, 6.07) is 8.67. The zero-order valence-corrected chi connectivity index (χ0v) is 22.9. The van der Waals surface area contributed by atoms with Crippen molar-refractivity contribution in [1.82, 2.24) is 30.2 Å². The molecule has 3 amide bonds. The Kier molecular flexibility index (Phi) is 8.58. The van der Waals surface area contributed by atoms with Crippen molar-refractivity contribution in [3.8, 4) is 5.82 Å². The van der Waals surface area contributed by atoms with E-state index in [1.165, 1.54) is 0 Å². The van der Waals surface area contributed by atoms with Crippen molar-refractivity contribution >= 4 is 29.2 Å². The van der Waals surface area contributed by atoms with Crippen LogP contribution in [0.25, 0.3) is 5.82 Å². The summed E-state index contributed by atoms with van der Waals surface area (Å²) in [4.78, 5) is 52.4. The van der Waals surface area contributed by atoms with Gasteiger partial charge in [0.05, 0.1) is 0 Å². The van der Waals surface area contributed by atoms with Gasteiger partial charge in [-0.1, -0.05) is 20.8 Å². The lowest BCUT2D eigenvalue weighted by molar-refractivity contribution is -0.125. The van der Waals surface area contributed by atoms with E-state index in [-0.39, 0.29) is 23.6 Å². The number of rotatable bonds is 8. The molecule has 3 aromatic rings. The third-order valence-corrected chi connectivity index (χ3v) is 6.70. The molecule has 1 saturated heterocycles. The molecule has 11 heteroatoms. The van der Waals surface area contributed by atoms with Gasteiger partial charge in [0, 0.05) is 67.2 Å². The Balaban J connectivity index is 1.18. The normalized spacial score (nSPS) is 14.1. The second kappa shape index (κ2) is 12.1. The number of hydrogen-bond acceptors (Lipinski definition) is 7. The Hall–Kier alpha value is -4.28. The first kappa shape index (κ1) is 27.7. The maximum absolute atomic E-state index is 12.7. The van der Waals surface area contributed by atoms with E-state index in [0.29, 0.717) is 24.3 Å². The topological polar surface area (TPSA) is 134 Å². The lowest BCUT2D eigenvalue weighted by Crippen LogP contribution is -2.42. The van der Waals surface area contributed by atoms with E-state index in [9.17, 15) is 14.4 Å². The van der Waals surface area contributed by atoms with Crippen molar-refractivity contribution in [1.29, 1.82) is 0 Å². The molecule has 3 N–H and O–H groups in total. The minimum absolute atomic E-state index is 0.000239. The van der Waals surface area contributed by atoms with Gasteiger partial charge in [0.15, 0.2) is 0 Å². The van der Waals surface area contributed by atoms with Gasteiger partial charge in [0.2, 0.25) is 11.8 Å². The molecular weight excluding hydrogens is 496 g/mol. The predicted octanol–water partition coefficient (Wildman–Crippen LogP) is 2.72. The Labute approximate surface area is 228 Å². The Morgan fingerprint density at radius 3 is 2.26 bits per heavy atom. The molecular formula is C28H36N8O3. The molecule has 0 aliphatic carbocycles. The minimum atomic E-state index is -0.501. The van der Waals surface area contributed by atoms with Gasteiger partial charge >= 0.3 is 0 Å². The summed E-state index contributed by atoms with van der Waals surface area (Å²) in [6.07, 6.45) is 6.60. The quantitative estimate of drug-likeness (QED) is 0.380. The van der Waals surface area contributed by atoms with Gasteiger partial charge in [-0.3, -0.25) is 19.0 Å². The number of carbonyl (C=O) groups excluding carboxylic acids is 3. The fourth-order valence-electron chi connectivity index (χ4n) is 4.26. The molecule has 1 aliphatic rings. The van der Waals surface area contributed by atoms with Crippen LogP contribution in [-0.2, 0) is 9.59 Å². The third kappa shape index (κ3) is 7.18. The highest BCUT2D eigenvalue weighted by molar-refractivity contribution is 5.97. The van der Waals surface area contributed by atoms with Crippen LogP contribution in [0.5, 0.6) is 0 Å². The Morgan fingerprint density at radius 1 is 0.949 bits per heavy atom. The van der Waals surface area contributed by atoms with Crippen molar-refractivity contribution in [2.45, 2.75) is 40.5 Å². The maximum Gasteiger partial charge on any atom is 0.251 e. The highest BCUT2D eigenvalue weighted by Crippen LogP contribution is 2.23. The van der Waals surface area contributed by atoms with E-state index >= 15 is 0 Å². The predicted molar refractivity (Wildman–Crippen MR) is 149 cm³/mol. The number of carbonyl (C=O) groups is 3. The number of aromatic nitrogens is 4. The molecule has 0 bridgehead atoms. The number of amides is 3. The first-order valence-electron chi connectivity index (χ1n) is 13.2. The smallest absolute Gasteiger partial charge is 0.251 e. The van der Waals surface area contributed by atoms with Crippen molar-refractivity contribution < 1.29 is 14.4 Å². The number of piperidine rings is 1. The minimum Gasteiger partial charge on any atom is -0.356 e. The van der Waals surface area contributed by atoms with Crippen LogP contribution in [0.2, 0.25) is 0 Å². The van der Waals surface area contributed by atoms with Gasteiger partial charge in [0.1, 0.15) is 23.8 Å². The molecule has 3 heterocycles. The molecule has 0 atom stereocenters. The number of hydrogen-bond donors (Lipinski definition) is 3. The molecule has 0 radical (unpaired) electrons. The standard InChI is InChI=1S/C28H36N8O3/c1-19-29-13-16-36(19)24-17-23(32-18-33-24)35-14-9-21(10-15-35)26(38)31-12-11-30-25(37)20-5-7-22(8-6-20)34-27(39)28(2,3)4/h5-8,13,16-18,21H,9-12,14-15H2,1-4H3,(H,30,37)(H,31,38)(H,34,39). The van der Waals surface area contributed by atoms with Gasteiger partial charge in [-0.2, -0.15) is 0 Å². The monoisotopic (exact) mass is 532 g/mol. The van der Waals surface area contributed by atoms with Crippen LogP contribution in [0, 0.1) is 18.3 Å². The average Bonchev–Trinajstić information content (AvgIpc) is 3.36. The average molecular weight is 533 g/mol. The highest BCUT2D eigenvalue weighted by Gasteiger charge is 2.26. The van der Waals surface area contributed by atoms with Crippen LogP contribution in [-0.4, -0.2) is 63.4 Å². The molecule has 11 nitrogen and oxygen atoms in total. The van der Waals surface area contributed by atoms with Crippen LogP contribution in [0.15, 0.2) is 49.1 Å². The van der Waals surface area contributed by atoms with E-state index in [4.69, 9.17) is 0 Å². The van der Waals surface area contributed by atoms with Crippen LogP contribution in [0.4, 0.5) is 11.5 Å². The lowest BCUT2D eigenvalue weighted by Gasteiger charge is -2.32. The fourth-order valence-corrected chi connectivity index (χ4v) is 4.26. The fraction of sp³-hybridized carbons (Fsp3) is 0.429. The summed E-state index contributed by atoms with van der Waals surface area (Å²) >= 11 is 0. The molecule has 39 heavy (non-hydrogen) atoms. The number of nitrogens with one attached hydrogen (secondary N) is 3. The van der Waals surface area contributed by atoms with Crippen LogP contribution in [0.3, 0.4) is 0 Å². The molecule has 4 rings (SSSR count). The summed E-state index contributed by atoms with van der Waals surface area (Å²) in [5.74, 6) is 2.04. The highest BCUT2D eigenvalue weighted by atomic mass is 16.2. The summed E-state index contributed by atoms with van der Waals surface area (Å²) in [7, 11) is 0. The molecule has 206 valence electrons. The zero-order valence-electron chi connectivity index (χ0n) is 22.9. The molecule has 1 fully saturated rings. The summed E-state index contributed by atoms with van der Waals surface area (Å²) < 4.78 is 1.91. The maximum atomic E-state index is 12.7. The van der Waals surface area contributed by atoms with Crippen LogP contribution in [0.1, 0.15) is 49.8 Å². The van der Waals surface area contributed by atoms with Gasteiger partial charge in [-0.05, 0) is 44.0 Å². The molecule has 0 spiro atoms. The van der Waals surface area contributed by atoms with E-state index in [0.717, 1.165) is 43.4 Å². The van der Waals surface area contributed by atoms with Gasteiger partial charge < -0.3 is 20.9 Å². The summed E-state index contributed by atoms with van der Waals surface area (Å²) in [6.45, 7) is 9.56. The number of benzene rings is 1. The summed E-state index contributed by atoms with van der Waals surface area (Å²) in [5, 5.41) is 8.59. The Morgan fingerprint density at radius 2 is 1.62 bits per heavy atom. The second-order valence-electron chi connectivity index (χ2n) is 10.7. The molecule has 0 unspecified atom stereocenters. The SMILES string of the molecule is Cc1nccn1-c1cc(N2CCC(C(=O)NCCNC(=O)c3ccc(NC(=O)C(C)(C)C)cc3)CC2)ncn1. The molecule has 1 aliphatic heterocycles. The van der Waals surface area contributed by atoms with Crippen LogP contribution >= 0.6 is 0 Å². The van der Waals surface area contributed by atoms with Gasteiger partial charge in [-0.25, -0.2) is 15.0 Å². The largest absolute Gasteiger partial charge is 0.356 e. The summed E-state index contributed by atoms with van der Waals surface area (Å²) in [5.41, 5.74) is 0.621. The van der Waals surface area contributed by atoms with E-state index in [1.54, 1.807) is 36.8 Å².